The highest BCUT2D eigenvalue weighted by molar-refractivity contribution is 9.09. The Bertz CT molecular complexity index is 797. The Kier molecular flexibility index (Phi) is 38.0. The standard InChI is InChI=1S/C41H80BrO7P/c1-3-5-7-9-11-13-15-17-19-21-23-25-27-29-31-33-40(43)47-37-39(38-48-50(45,46)36-35-42)49-41(44)34-32-30-28-26-24-22-20-18-16-14-12-10-8-6-4-2/h39H,3-38H2,1-2H3,(H,45,46)/t39-/m0/s1. The predicted molar refractivity (Wildman–Crippen MR) is 214 cm³/mol. The van der Waals surface area contributed by atoms with Crippen molar-refractivity contribution >= 4 is 35.5 Å². The van der Waals surface area contributed by atoms with E-state index >= 15 is 0 Å². The van der Waals surface area contributed by atoms with E-state index in [0.29, 0.717) is 11.8 Å². The molecule has 0 rings (SSSR count). The van der Waals surface area contributed by atoms with Gasteiger partial charge in [0, 0.05) is 18.2 Å². The molecule has 7 nitrogen and oxygen atoms in total. The molecule has 0 aromatic rings. The van der Waals surface area contributed by atoms with Crippen LogP contribution in [0.2, 0.25) is 0 Å². The van der Waals surface area contributed by atoms with Gasteiger partial charge >= 0.3 is 19.5 Å². The molecule has 0 bridgehead atoms. The largest absolute Gasteiger partial charge is 0.462 e. The maximum atomic E-state index is 12.6. The minimum absolute atomic E-state index is 0.0498. The molecule has 0 fully saturated rings. The lowest BCUT2D eigenvalue weighted by molar-refractivity contribution is -0.161. The molecule has 1 unspecified atom stereocenters. The summed E-state index contributed by atoms with van der Waals surface area (Å²) < 4.78 is 28.3. The first kappa shape index (κ1) is 49.6. The average molecular weight is 796 g/mol. The van der Waals surface area contributed by atoms with Crippen LogP contribution in [0.1, 0.15) is 219 Å². The van der Waals surface area contributed by atoms with Gasteiger partial charge in [-0.3, -0.25) is 14.2 Å². The van der Waals surface area contributed by atoms with Crippen molar-refractivity contribution in [2.45, 2.75) is 225 Å². The van der Waals surface area contributed by atoms with Crippen LogP contribution in [-0.2, 0) is 28.2 Å². The second-order valence-electron chi connectivity index (χ2n) is 14.5. The third-order valence-electron chi connectivity index (χ3n) is 9.53. The van der Waals surface area contributed by atoms with Crippen LogP contribution in [0.4, 0.5) is 0 Å². The van der Waals surface area contributed by atoms with Crippen LogP contribution in [0.5, 0.6) is 0 Å². The number of halogens is 1. The van der Waals surface area contributed by atoms with E-state index < -0.39 is 13.7 Å². The summed E-state index contributed by atoms with van der Waals surface area (Å²) in [4.78, 5) is 34.9. The lowest BCUT2D eigenvalue weighted by Gasteiger charge is -2.20. The van der Waals surface area contributed by atoms with Crippen molar-refractivity contribution in [2.24, 2.45) is 0 Å². The Balaban J connectivity index is 4.04. The molecule has 2 atom stereocenters. The molecule has 0 aromatic carbocycles. The number of ether oxygens (including phenoxy) is 2. The van der Waals surface area contributed by atoms with Crippen molar-refractivity contribution in [3.8, 4) is 0 Å². The molecule has 0 heterocycles. The lowest BCUT2D eigenvalue weighted by atomic mass is 10.0. The minimum Gasteiger partial charge on any atom is -0.462 e. The van der Waals surface area contributed by atoms with E-state index in [0.717, 1.165) is 38.5 Å². The Morgan fingerprint density at radius 3 is 1.18 bits per heavy atom. The van der Waals surface area contributed by atoms with E-state index in [2.05, 4.69) is 29.8 Å². The number of carbonyl (C=O) groups excluding carboxylic acids is 2. The number of hydrogen-bond acceptors (Lipinski definition) is 6. The van der Waals surface area contributed by atoms with Crippen LogP contribution in [0.15, 0.2) is 0 Å². The zero-order chi connectivity index (χ0) is 36.8. The molecule has 0 aliphatic carbocycles. The fourth-order valence-electron chi connectivity index (χ4n) is 6.27. The monoisotopic (exact) mass is 794 g/mol. The van der Waals surface area contributed by atoms with Crippen LogP contribution in [0.3, 0.4) is 0 Å². The number of unbranched alkanes of at least 4 members (excludes halogenated alkanes) is 28. The zero-order valence-corrected chi connectivity index (χ0v) is 35.2. The van der Waals surface area contributed by atoms with Crippen molar-refractivity contribution < 1.29 is 33.0 Å². The van der Waals surface area contributed by atoms with Crippen molar-refractivity contribution in [1.82, 2.24) is 0 Å². The first-order valence-corrected chi connectivity index (χ1v) is 24.1. The molecule has 0 aliphatic rings. The van der Waals surface area contributed by atoms with Gasteiger partial charge in [0.1, 0.15) is 6.61 Å². The molecule has 0 radical (unpaired) electrons. The van der Waals surface area contributed by atoms with E-state index in [9.17, 15) is 19.0 Å². The molecule has 0 saturated carbocycles. The van der Waals surface area contributed by atoms with Gasteiger partial charge in [-0.25, -0.2) is 0 Å². The van der Waals surface area contributed by atoms with Gasteiger partial charge in [0.25, 0.3) is 0 Å². The van der Waals surface area contributed by atoms with Crippen molar-refractivity contribution in [2.75, 3.05) is 24.7 Å². The van der Waals surface area contributed by atoms with E-state index in [1.54, 1.807) is 0 Å². The summed E-state index contributed by atoms with van der Waals surface area (Å²) in [7, 11) is -3.82. The van der Waals surface area contributed by atoms with Crippen LogP contribution < -0.4 is 0 Å². The van der Waals surface area contributed by atoms with Gasteiger partial charge in [0.2, 0.25) is 0 Å². The number of carbonyl (C=O) groups is 2. The molecule has 0 spiro atoms. The first-order chi connectivity index (χ1) is 24.3. The fraction of sp³-hybridized carbons (Fsp3) is 0.951. The number of hydrogen-bond donors (Lipinski definition) is 1. The second-order valence-corrected chi connectivity index (χ2v) is 17.3. The molecule has 0 aliphatic heterocycles. The van der Waals surface area contributed by atoms with Gasteiger partial charge in [-0.1, -0.05) is 210 Å². The molecule has 0 aromatic heterocycles. The Morgan fingerprint density at radius 2 is 0.840 bits per heavy atom. The van der Waals surface area contributed by atoms with Crippen LogP contribution in [0, 0.1) is 0 Å². The highest BCUT2D eigenvalue weighted by atomic mass is 79.9. The van der Waals surface area contributed by atoms with Gasteiger partial charge in [-0.2, -0.15) is 0 Å². The van der Waals surface area contributed by atoms with Gasteiger partial charge < -0.3 is 18.9 Å². The maximum absolute atomic E-state index is 12.6. The summed E-state index contributed by atoms with van der Waals surface area (Å²) in [5, 5.41) is 0.318. The second kappa shape index (κ2) is 38.3. The molecule has 1 N–H and O–H groups in total. The molecule has 0 amide bonds. The molecular weight excluding hydrogens is 715 g/mol. The van der Waals surface area contributed by atoms with Crippen molar-refractivity contribution in [3.63, 3.8) is 0 Å². The van der Waals surface area contributed by atoms with Gasteiger partial charge in [0.15, 0.2) is 6.10 Å². The molecule has 9 heteroatoms. The van der Waals surface area contributed by atoms with E-state index in [-0.39, 0.29) is 37.7 Å². The van der Waals surface area contributed by atoms with E-state index in [4.69, 9.17) is 14.0 Å². The van der Waals surface area contributed by atoms with E-state index in [1.165, 1.54) is 154 Å². The third kappa shape index (κ3) is 37.3. The van der Waals surface area contributed by atoms with Crippen molar-refractivity contribution in [3.05, 3.63) is 0 Å². The van der Waals surface area contributed by atoms with Crippen LogP contribution in [-0.4, -0.2) is 47.6 Å². The zero-order valence-electron chi connectivity index (χ0n) is 32.8. The summed E-state index contributed by atoms with van der Waals surface area (Å²) in [6.07, 6.45) is 37.5. The minimum atomic E-state index is -3.82. The third-order valence-corrected chi connectivity index (χ3v) is 11.9. The quantitative estimate of drug-likeness (QED) is 0.0285. The SMILES string of the molecule is CCCCCCCCCCCCCCCCCC(=O)OC[C@@H](COP(=O)(O)CCBr)OC(=O)CCCCCCCCCCCCCCCCC. The smallest absolute Gasteiger partial charge is 0.329 e. The predicted octanol–water partition coefficient (Wildman–Crippen LogP) is 13.6. The first-order valence-electron chi connectivity index (χ1n) is 21.2. The number of alkyl halides is 1. The summed E-state index contributed by atoms with van der Waals surface area (Å²) in [6.45, 7) is 4.08. The summed E-state index contributed by atoms with van der Waals surface area (Å²) in [5.41, 5.74) is 0. The van der Waals surface area contributed by atoms with Crippen LogP contribution in [0.25, 0.3) is 0 Å². The van der Waals surface area contributed by atoms with Gasteiger partial charge in [-0.15, -0.1) is 0 Å². The number of esters is 2. The summed E-state index contributed by atoms with van der Waals surface area (Å²) in [6, 6.07) is 0. The highest BCUT2D eigenvalue weighted by Crippen LogP contribution is 2.42. The Hall–Kier alpha value is -0.430. The average Bonchev–Trinajstić information content (AvgIpc) is 3.09. The van der Waals surface area contributed by atoms with E-state index in [1.807, 2.05) is 0 Å². The molecule has 298 valence electrons. The van der Waals surface area contributed by atoms with Crippen LogP contribution >= 0.6 is 23.5 Å². The summed E-state index contributed by atoms with van der Waals surface area (Å²) in [5.74, 6) is -0.726. The molecule has 50 heavy (non-hydrogen) atoms. The topological polar surface area (TPSA) is 99.1 Å². The van der Waals surface area contributed by atoms with Crippen molar-refractivity contribution in [1.29, 1.82) is 0 Å². The Morgan fingerprint density at radius 1 is 0.520 bits per heavy atom. The van der Waals surface area contributed by atoms with Gasteiger partial charge in [0.05, 0.1) is 12.8 Å². The fourth-order valence-corrected chi connectivity index (χ4v) is 8.36. The normalized spacial score (nSPS) is 13.3. The maximum Gasteiger partial charge on any atom is 0.329 e. The Labute approximate surface area is 317 Å². The summed E-state index contributed by atoms with van der Waals surface area (Å²) >= 11 is 3.16. The van der Waals surface area contributed by atoms with Gasteiger partial charge in [-0.05, 0) is 12.8 Å². The lowest BCUT2D eigenvalue weighted by Crippen LogP contribution is -2.29. The molecule has 0 saturated heterocycles. The number of rotatable bonds is 40. The highest BCUT2D eigenvalue weighted by Gasteiger charge is 2.24. The molecular formula is C41H80BrO7P.